The predicted octanol–water partition coefficient (Wildman–Crippen LogP) is 3.47. The molecular formula is C16H21F3N2O3. The van der Waals surface area contributed by atoms with Crippen LogP contribution in [0.4, 0.5) is 18.0 Å². The van der Waals surface area contributed by atoms with Crippen LogP contribution in [0, 0.1) is 0 Å². The monoisotopic (exact) mass is 346 g/mol. The molecule has 1 aromatic rings. The quantitative estimate of drug-likeness (QED) is 0.912. The molecule has 2 amide bonds. The lowest BCUT2D eigenvalue weighted by atomic mass is 10.1. The number of hydrogen-bond donors (Lipinski definition) is 1. The SMILES string of the molecule is CC1CN(C(=O)NC(C)c2ccc(OC(F)(F)F)cc2)CC(C)O1. The fourth-order valence-corrected chi connectivity index (χ4v) is 2.66. The van der Waals surface area contributed by atoms with Crippen LogP contribution in [-0.2, 0) is 4.74 Å². The average Bonchev–Trinajstić information content (AvgIpc) is 2.45. The zero-order chi connectivity index (χ0) is 17.9. The van der Waals surface area contributed by atoms with Crippen LogP contribution in [0.1, 0.15) is 32.4 Å². The van der Waals surface area contributed by atoms with Crippen molar-refractivity contribution in [2.24, 2.45) is 0 Å². The van der Waals surface area contributed by atoms with Gasteiger partial charge in [0.25, 0.3) is 0 Å². The molecule has 1 aromatic carbocycles. The summed E-state index contributed by atoms with van der Waals surface area (Å²) in [4.78, 5) is 14.0. The summed E-state index contributed by atoms with van der Waals surface area (Å²) in [6.07, 6.45) is -4.78. The molecule has 0 spiro atoms. The number of alkyl halides is 3. The number of rotatable bonds is 3. The third kappa shape index (κ3) is 5.30. The molecule has 134 valence electrons. The van der Waals surface area contributed by atoms with E-state index in [2.05, 4.69) is 10.1 Å². The second-order valence-corrected chi connectivity index (χ2v) is 5.95. The molecule has 5 nitrogen and oxygen atoms in total. The van der Waals surface area contributed by atoms with Crippen molar-refractivity contribution < 1.29 is 27.4 Å². The Morgan fingerprint density at radius 2 is 1.79 bits per heavy atom. The van der Waals surface area contributed by atoms with E-state index < -0.39 is 6.36 Å². The fourth-order valence-electron chi connectivity index (χ4n) is 2.66. The summed E-state index contributed by atoms with van der Waals surface area (Å²) >= 11 is 0. The van der Waals surface area contributed by atoms with Crippen LogP contribution >= 0.6 is 0 Å². The van der Waals surface area contributed by atoms with Crippen molar-refractivity contribution in [1.29, 1.82) is 0 Å². The second kappa shape index (κ2) is 7.29. The molecule has 1 N–H and O–H groups in total. The molecule has 0 aromatic heterocycles. The van der Waals surface area contributed by atoms with Gasteiger partial charge in [0.15, 0.2) is 0 Å². The van der Waals surface area contributed by atoms with Gasteiger partial charge in [0.05, 0.1) is 18.2 Å². The Hall–Kier alpha value is -1.96. The number of nitrogens with zero attached hydrogens (tertiary/aromatic N) is 1. The Bertz CT molecular complexity index is 553. The molecule has 1 heterocycles. The van der Waals surface area contributed by atoms with Crippen LogP contribution in [-0.4, -0.2) is 42.6 Å². The van der Waals surface area contributed by atoms with Crippen molar-refractivity contribution in [2.45, 2.75) is 45.4 Å². The number of benzene rings is 1. The Morgan fingerprint density at radius 1 is 1.25 bits per heavy atom. The number of ether oxygens (including phenoxy) is 2. The van der Waals surface area contributed by atoms with Gasteiger partial charge in [0.2, 0.25) is 0 Å². The van der Waals surface area contributed by atoms with Crippen LogP contribution in [0.3, 0.4) is 0 Å². The van der Waals surface area contributed by atoms with E-state index in [-0.39, 0.29) is 30.0 Å². The molecule has 3 unspecified atom stereocenters. The van der Waals surface area contributed by atoms with Crippen LogP contribution in [0.5, 0.6) is 5.75 Å². The molecule has 0 radical (unpaired) electrons. The number of urea groups is 1. The zero-order valence-corrected chi connectivity index (χ0v) is 13.8. The highest BCUT2D eigenvalue weighted by atomic mass is 19.4. The standard InChI is InChI=1S/C16H21F3N2O3/c1-10-8-21(9-11(2)23-10)15(22)20-12(3)13-4-6-14(7-5-13)24-16(17,18)19/h4-7,10-12H,8-9H2,1-3H3,(H,20,22). The van der Waals surface area contributed by atoms with E-state index in [1.54, 1.807) is 11.8 Å². The maximum absolute atomic E-state index is 12.3. The van der Waals surface area contributed by atoms with Gasteiger partial charge in [-0.15, -0.1) is 13.2 Å². The first-order valence-corrected chi connectivity index (χ1v) is 7.70. The Balaban J connectivity index is 1.94. The van der Waals surface area contributed by atoms with E-state index in [1.165, 1.54) is 24.3 Å². The van der Waals surface area contributed by atoms with E-state index >= 15 is 0 Å². The van der Waals surface area contributed by atoms with Gasteiger partial charge in [-0.05, 0) is 38.5 Å². The summed E-state index contributed by atoms with van der Waals surface area (Å²) in [6.45, 7) is 6.57. The minimum Gasteiger partial charge on any atom is -0.406 e. The molecule has 24 heavy (non-hydrogen) atoms. The lowest BCUT2D eigenvalue weighted by molar-refractivity contribution is -0.274. The molecule has 2 rings (SSSR count). The van der Waals surface area contributed by atoms with Crippen molar-refractivity contribution in [3.63, 3.8) is 0 Å². The van der Waals surface area contributed by atoms with Crippen molar-refractivity contribution in [3.05, 3.63) is 29.8 Å². The molecule has 0 aliphatic carbocycles. The normalized spacial score (nSPS) is 22.8. The average molecular weight is 346 g/mol. The number of carbonyl (C=O) groups is 1. The Kier molecular flexibility index (Phi) is 5.58. The Labute approximate surface area is 138 Å². The molecule has 1 fully saturated rings. The topological polar surface area (TPSA) is 50.8 Å². The maximum atomic E-state index is 12.3. The molecule has 3 atom stereocenters. The van der Waals surface area contributed by atoms with Crippen LogP contribution in [0.15, 0.2) is 24.3 Å². The van der Waals surface area contributed by atoms with E-state index in [0.29, 0.717) is 18.7 Å². The van der Waals surface area contributed by atoms with Gasteiger partial charge < -0.3 is 19.7 Å². The van der Waals surface area contributed by atoms with Crippen molar-refractivity contribution in [3.8, 4) is 5.75 Å². The van der Waals surface area contributed by atoms with Gasteiger partial charge in [0.1, 0.15) is 5.75 Å². The van der Waals surface area contributed by atoms with Crippen LogP contribution in [0.25, 0.3) is 0 Å². The largest absolute Gasteiger partial charge is 0.573 e. The number of carbonyl (C=O) groups excluding carboxylic acids is 1. The van der Waals surface area contributed by atoms with Gasteiger partial charge >= 0.3 is 12.4 Å². The number of amides is 2. The highest BCUT2D eigenvalue weighted by Gasteiger charge is 2.31. The number of morpholine rings is 1. The van der Waals surface area contributed by atoms with E-state index in [0.717, 1.165) is 0 Å². The summed E-state index contributed by atoms with van der Waals surface area (Å²) in [5, 5.41) is 2.84. The van der Waals surface area contributed by atoms with Gasteiger partial charge in [0, 0.05) is 13.1 Å². The summed E-state index contributed by atoms with van der Waals surface area (Å²) in [5.74, 6) is -0.291. The van der Waals surface area contributed by atoms with Gasteiger partial charge in [-0.1, -0.05) is 12.1 Å². The third-order valence-electron chi connectivity index (χ3n) is 3.66. The lowest BCUT2D eigenvalue weighted by Gasteiger charge is -2.35. The minimum absolute atomic E-state index is 0.0337. The van der Waals surface area contributed by atoms with Crippen molar-refractivity contribution >= 4 is 6.03 Å². The first-order chi connectivity index (χ1) is 11.1. The van der Waals surface area contributed by atoms with Gasteiger partial charge in [-0.2, -0.15) is 0 Å². The first kappa shape index (κ1) is 18.4. The van der Waals surface area contributed by atoms with E-state index in [9.17, 15) is 18.0 Å². The highest BCUT2D eigenvalue weighted by Crippen LogP contribution is 2.24. The second-order valence-electron chi connectivity index (χ2n) is 5.95. The molecule has 8 heteroatoms. The summed E-state index contributed by atoms with van der Waals surface area (Å²) in [6, 6.07) is 4.88. The van der Waals surface area contributed by atoms with E-state index in [1.807, 2.05) is 13.8 Å². The molecule has 1 saturated heterocycles. The number of halogens is 3. The smallest absolute Gasteiger partial charge is 0.406 e. The fraction of sp³-hybridized carbons (Fsp3) is 0.562. The van der Waals surface area contributed by atoms with Crippen molar-refractivity contribution in [2.75, 3.05) is 13.1 Å². The van der Waals surface area contributed by atoms with Gasteiger partial charge in [-0.25, -0.2) is 4.79 Å². The molecule has 0 bridgehead atoms. The van der Waals surface area contributed by atoms with Crippen molar-refractivity contribution in [1.82, 2.24) is 10.2 Å². The van der Waals surface area contributed by atoms with Crippen LogP contribution in [0.2, 0.25) is 0 Å². The van der Waals surface area contributed by atoms with Crippen LogP contribution < -0.4 is 10.1 Å². The number of nitrogens with one attached hydrogen (secondary N) is 1. The molecule has 0 saturated carbocycles. The lowest BCUT2D eigenvalue weighted by Crippen LogP contribution is -2.52. The third-order valence-corrected chi connectivity index (χ3v) is 3.66. The summed E-state index contributed by atoms with van der Waals surface area (Å²) in [7, 11) is 0. The first-order valence-electron chi connectivity index (χ1n) is 7.70. The summed E-state index contributed by atoms with van der Waals surface area (Å²) < 4.78 is 45.8. The number of hydrogen-bond acceptors (Lipinski definition) is 3. The summed E-state index contributed by atoms with van der Waals surface area (Å²) in [5.41, 5.74) is 0.687. The molecule has 1 aliphatic heterocycles. The molecule has 1 aliphatic rings. The predicted molar refractivity (Wildman–Crippen MR) is 81.7 cm³/mol. The highest BCUT2D eigenvalue weighted by molar-refractivity contribution is 5.74. The van der Waals surface area contributed by atoms with E-state index in [4.69, 9.17) is 4.74 Å². The maximum Gasteiger partial charge on any atom is 0.573 e. The Morgan fingerprint density at radius 3 is 2.29 bits per heavy atom. The van der Waals surface area contributed by atoms with Gasteiger partial charge in [-0.3, -0.25) is 0 Å². The molecular weight excluding hydrogens is 325 g/mol. The zero-order valence-electron chi connectivity index (χ0n) is 13.8. The minimum atomic E-state index is -4.72.